The van der Waals surface area contributed by atoms with Gasteiger partial charge in [-0.1, -0.05) is 0 Å². The van der Waals surface area contributed by atoms with Crippen LogP contribution >= 0.6 is 0 Å². The molecule has 0 heterocycles. The number of carboxylic acids is 1. The number of ketones is 1. The van der Waals surface area contributed by atoms with Crippen molar-refractivity contribution in [2.75, 3.05) is 0 Å². The van der Waals surface area contributed by atoms with Crippen LogP contribution in [0.3, 0.4) is 0 Å². The molecule has 0 aromatic heterocycles. The number of carbonyl (C=O) groups excluding carboxylic acids is 1. The van der Waals surface area contributed by atoms with E-state index >= 15 is 0 Å². The first-order valence-electron chi connectivity index (χ1n) is 4.75. The zero-order valence-electron chi connectivity index (χ0n) is 7.80. The van der Waals surface area contributed by atoms with E-state index in [4.69, 9.17) is 5.11 Å². The summed E-state index contributed by atoms with van der Waals surface area (Å²) in [6.45, 7) is 1.60. The van der Waals surface area contributed by atoms with E-state index in [1.165, 1.54) is 0 Å². The minimum Gasteiger partial charge on any atom is -0.481 e. The second-order valence-electron chi connectivity index (χ2n) is 4.60. The molecule has 2 saturated carbocycles. The molecule has 0 atom stereocenters. The van der Waals surface area contributed by atoms with Gasteiger partial charge in [0.05, 0.1) is 5.41 Å². The maximum atomic E-state index is 11.4. The molecule has 2 fully saturated rings. The Morgan fingerprint density at radius 1 is 1.08 bits per heavy atom. The zero-order valence-corrected chi connectivity index (χ0v) is 7.80. The summed E-state index contributed by atoms with van der Waals surface area (Å²) in [6, 6.07) is 0. The van der Waals surface area contributed by atoms with Gasteiger partial charge in [-0.15, -0.1) is 0 Å². The lowest BCUT2D eigenvalue weighted by Gasteiger charge is -2.23. The third-order valence-electron chi connectivity index (χ3n) is 4.04. The maximum absolute atomic E-state index is 11.4. The summed E-state index contributed by atoms with van der Waals surface area (Å²) < 4.78 is 0. The van der Waals surface area contributed by atoms with Gasteiger partial charge in [-0.3, -0.25) is 9.59 Å². The first kappa shape index (κ1) is 8.73. The Balaban J connectivity index is 2.29. The second-order valence-corrected chi connectivity index (χ2v) is 4.60. The predicted molar refractivity (Wildman–Crippen MR) is 46.3 cm³/mol. The first-order chi connectivity index (χ1) is 6.01. The van der Waals surface area contributed by atoms with Crippen molar-refractivity contribution >= 4 is 11.8 Å². The molecule has 0 amide bonds. The highest BCUT2D eigenvalue weighted by Crippen LogP contribution is 2.61. The lowest BCUT2D eigenvalue weighted by molar-refractivity contribution is -0.148. The summed E-state index contributed by atoms with van der Waals surface area (Å²) >= 11 is 0. The van der Waals surface area contributed by atoms with Gasteiger partial charge < -0.3 is 5.11 Å². The van der Waals surface area contributed by atoms with Crippen LogP contribution in [0.1, 0.15) is 39.0 Å². The van der Waals surface area contributed by atoms with Crippen LogP contribution < -0.4 is 0 Å². The van der Waals surface area contributed by atoms with Crippen LogP contribution in [0.2, 0.25) is 0 Å². The van der Waals surface area contributed by atoms with E-state index in [0.717, 1.165) is 12.8 Å². The topological polar surface area (TPSA) is 54.4 Å². The molecule has 2 bridgehead atoms. The summed E-state index contributed by atoms with van der Waals surface area (Å²) in [5, 5.41) is 9.08. The minimum atomic E-state index is -0.701. The van der Waals surface area contributed by atoms with Gasteiger partial charge in [-0.25, -0.2) is 0 Å². The summed E-state index contributed by atoms with van der Waals surface area (Å²) in [6.07, 6.45) is 3.55. The standard InChI is InChI=1S/C10H14O3/c1-7(11)9-2-4-10(6-9,5-3-9)8(12)13/h2-6H2,1H3,(H,12,13). The van der Waals surface area contributed by atoms with Gasteiger partial charge in [0.25, 0.3) is 0 Å². The van der Waals surface area contributed by atoms with Gasteiger partial charge in [-0.2, -0.15) is 0 Å². The van der Waals surface area contributed by atoms with Crippen molar-refractivity contribution in [2.45, 2.75) is 39.0 Å². The van der Waals surface area contributed by atoms with Gasteiger partial charge in [0.2, 0.25) is 0 Å². The second kappa shape index (κ2) is 2.34. The van der Waals surface area contributed by atoms with E-state index in [-0.39, 0.29) is 11.2 Å². The van der Waals surface area contributed by atoms with Gasteiger partial charge in [0.15, 0.2) is 0 Å². The molecule has 3 nitrogen and oxygen atoms in total. The Hall–Kier alpha value is -0.860. The number of hydrogen-bond acceptors (Lipinski definition) is 2. The van der Waals surface area contributed by atoms with Crippen LogP contribution in [-0.2, 0) is 9.59 Å². The van der Waals surface area contributed by atoms with Crippen LogP contribution in [0.4, 0.5) is 0 Å². The van der Waals surface area contributed by atoms with Crippen molar-refractivity contribution in [2.24, 2.45) is 10.8 Å². The van der Waals surface area contributed by atoms with Gasteiger partial charge in [0.1, 0.15) is 5.78 Å². The Bertz CT molecular complexity index is 244. The van der Waals surface area contributed by atoms with Crippen molar-refractivity contribution < 1.29 is 14.7 Å². The van der Waals surface area contributed by atoms with Gasteiger partial charge in [0, 0.05) is 5.41 Å². The van der Waals surface area contributed by atoms with Crippen LogP contribution in [0, 0.1) is 10.8 Å². The highest BCUT2D eigenvalue weighted by atomic mass is 16.4. The maximum Gasteiger partial charge on any atom is 0.309 e. The molecule has 2 aliphatic carbocycles. The Morgan fingerprint density at radius 2 is 1.54 bits per heavy atom. The lowest BCUT2D eigenvalue weighted by atomic mass is 9.80. The van der Waals surface area contributed by atoms with Crippen molar-refractivity contribution in [1.29, 1.82) is 0 Å². The van der Waals surface area contributed by atoms with Crippen LogP contribution in [-0.4, -0.2) is 16.9 Å². The predicted octanol–water partition coefficient (Wildman–Crippen LogP) is 1.61. The number of hydrogen-bond donors (Lipinski definition) is 1. The molecular formula is C10H14O3. The molecule has 1 N–H and O–H groups in total. The Kier molecular flexibility index (Phi) is 1.57. The van der Waals surface area contributed by atoms with E-state index in [0.29, 0.717) is 19.3 Å². The number of carboxylic acid groups (broad SMARTS) is 1. The average Bonchev–Trinajstić information content (AvgIpc) is 2.61. The fourth-order valence-corrected chi connectivity index (χ4v) is 2.97. The van der Waals surface area contributed by atoms with Crippen LogP contribution in [0.15, 0.2) is 0 Å². The molecule has 2 aliphatic rings. The quantitative estimate of drug-likeness (QED) is 0.705. The van der Waals surface area contributed by atoms with E-state index in [9.17, 15) is 9.59 Å². The lowest BCUT2D eigenvalue weighted by Crippen LogP contribution is -2.25. The summed E-state index contributed by atoms with van der Waals surface area (Å²) in [4.78, 5) is 22.4. The summed E-state index contributed by atoms with van der Waals surface area (Å²) in [5.41, 5.74) is -0.815. The molecule has 0 aromatic rings. The zero-order chi connectivity index (χ0) is 9.69. The van der Waals surface area contributed by atoms with Crippen molar-refractivity contribution in [3.63, 3.8) is 0 Å². The number of fused-ring (bicyclic) bond motifs is 2. The molecule has 13 heavy (non-hydrogen) atoms. The normalized spacial score (nSPS) is 42.2. The highest BCUT2D eigenvalue weighted by Gasteiger charge is 2.60. The number of Topliss-reactive ketones (excluding diaryl/α,β-unsaturated/α-hetero) is 1. The minimum absolute atomic E-state index is 0.188. The molecule has 0 aromatic carbocycles. The molecule has 0 saturated heterocycles. The van der Waals surface area contributed by atoms with Crippen molar-refractivity contribution in [3.8, 4) is 0 Å². The average molecular weight is 182 g/mol. The number of aliphatic carboxylic acids is 1. The van der Waals surface area contributed by atoms with Crippen LogP contribution in [0.25, 0.3) is 0 Å². The Labute approximate surface area is 77.1 Å². The largest absolute Gasteiger partial charge is 0.481 e. The third-order valence-corrected chi connectivity index (χ3v) is 4.04. The molecule has 2 rings (SSSR count). The SMILES string of the molecule is CC(=O)C12CCC(C(=O)O)(CC1)C2. The number of carbonyl (C=O) groups is 2. The van der Waals surface area contributed by atoms with Gasteiger partial charge >= 0.3 is 5.97 Å². The van der Waals surface area contributed by atoms with Crippen molar-refractivity contribution in [3.05, 3.63) is 0 Å². The molecule has 0 aliphatic heterocycles. The molecule has 72 valence electrons. The molecule has 0 spiro atoms. The highest BCUT2D eigenvalue weighted by molar-refractivity contribution is 5.86. The smallest absolute Gasteiger partial charge is 0.309 e. The van der Waals surface area contributed by atoms with Crippen molar-refractivity contribution in [1.82, 2.24) is 0 Å². The van der Waals surface area contributed by atoms with E-state index in [1.54, 1.807) is 6.92 Å². The van der Waals surface area contributed by atoms with Crippen LogP contribution in [0.5, 0.6) is 0 Å². The van der Waals surface area contributed by atoms with Gasteiger partial charge in [-0.05, 0) is 39.0 Å². The fraction of sp³-hybridized carbons (Fsp3) is 0.800. The summed E-state index contributed by atoms with van der Waals surface area (Å²) in [5.74, 6) is -0.513. The molecule has 0 unspecified atom stereocenters. The third kappa shape index (κ3) is 0.960. The molecule has 3 heteroatoms. The van der Waals surface area contributed by atoms with E-state index < -0.39 is 11.4 Å². The number of rotatable bonds is 2. The fourth-order valence-electron chi connectivity index (χ4n) is 2.97. The van der Waals surface area contributed by atoms with E-state index in [2.05, 4.69) is 0 Å². The van der Waals surface area contributed by atoms with E-state index in [1.807, 2.05) is 0 Å². The first-order valence-corrected chi connectivity index (χ1v) is 4.75. The Morgan fingerprint density at radius 3 is 1.77 bits per heavy atom. The molecule has 0 radical (unpaired) electrons. The monoisotopic (exact) mass is 182 g/mol. The summed E-state index contributed by atoms with van der Waals surface area (Å²) in [7, 11) is 0. The molecular weight excluding hydrogens is 168 g/mol.